The van der Waals surface area contributed by atoms with Crippen molar-refractivity contribution >= 4 is 17.5 Å². The molecule has 2 aliphatic carbocycles. The highest BCUT2D eigenvalue weighted by Gasteiger charge is 2.55. The number of aromatic nitrogens is 4. The van der Waals surface area contributed by atoms with Gasteiger partial charge in [-0.3, -0.25) is 14.6 Å². The average molecular weight is 463 g/mol. The molecule has 2 atom stereocenters. The van der Waals surface area contributed by atoms with E-state index in [1.807, 2.05) is 32.2 Å². The predicted octanol–water partition coefficient (Wildman–Crippen LogP) is 3.95. The summed E-state index contributed by atoms with van der Waals surface area (Å²) in [5.74, 6) is -0.189. The van der Waals surface area contributed by atoms with E-state index in [-0.39, 0.29) is 22.9 Å². The second-order valence-electron chi connectivity index (χ2n) is 10.1. The molecule has 0 saturated heterocycles. The minimum atomic E-state index is -0.683. The Kier molecular flexibility index (Phi) is 5.50. The first-order valence-electron chi connectivity index (χ1n) is 11.8. The van der Waals surface area contributed by atoms with Gasteiger partial charge in [0.25, 0.3) is 5.91 Å². The number of hydrogen-bond acceptors (Lipinski definition) is 6. The van der Waals surface area contributed by atoms with Crippen molar-refractivity contribution in [2.75, 3.05) is 5.32 Å². The molecule has 9 nitrogen and oxygen atoms in total. The van der Waals surface area contributed by atoms with Gasteiger partial charge in [-0.05, 0) is 86.6 Å². The minimum absolute atomic E-state index is 0.0546. The van der Waals surface area contributed by atoms with Crippen molar-refractivity contribution in [2.45, 2.75) is 59.4 Å². The van der Waals surface area contributed by atoms with E-state index in [4.69, 9.17) is 4.63 Å². The van der Waals surface area contributed by atoms with Gasteiger partial charge in [-0.25, -0.2) is 4.63 Å². The highest BCUT2D eigenvalue weighted by Crippen LogP contribution is 2.60. The summed E-state index contributed by atoms with van der Waals surface area (Å²) in [5, 5.41) is 13.4. The Balaban J connectivity index is 1.38. The van der Waals surface area contributed by atoms with Gasteiger partial charge in [-0.2, -0.15) is 0 Å². The molecule has 3 aromatic heterocycles. The fourth-order valence-corrected chi connectivity index (χ4v) is 5.08. The zero-order valence-corrected chi connectivity index (χ0v) is 19.9. The molecule has 9 heteroatoms. The summed E-state index contributed by atoms with van der Waals surface area (Å²) in [7, 11) is 0. The molecule has 0 aliphatic heterocycles. The number of carbonyl (C=O) groups is 2. The van der Waals surface area contributed by atoms with Gasteiger partial charge < -0.3 is 15.6 Å². The maximum absolute atomic E-state index is 13.6. The molecule has 34 heavy (non-hydrogen) atoms. The fraction of sp³-hybridized carbons (Fsp3) is 0.480. The maximum atomic E-state index is 13.6. The molecule has 3 heterocycles. The summed E-state index contributed by atoms with van der Waals surface area (Å²) < 4.78 is 4.69. The van der Waals surface area contributed by atoms with E-state index in [0.29, 0.717) is 17.3 Å². The van der Waals surface area contributed by atoms with Crippen LogP contribution in [0.4, 0.5) is 5.69 Å². The van der Waals surface area contributed by atoms with Crippen LogP contribution in [-0.2, 0) is 4.79 Å². The molecule has 2 saturated carbocycles. The number of nitrogens with zero attached hydrogens (tertiary/aromatic N) is 3. The van der Waals surface area contributed by atoms with E-state index in [2.05, 4.69) is 37.8 Å². The lowest BCUT2D eigenvalue weighted by Crippen LogP contribution is -2.51. The largest absolute Gasteiger partial charge is 0.364 e. The van der Waals surface area contributed by atoms with Crippen LogP contribution in [0.15, 0.2) is 29.2 Å². The fourth-order valence-electron chi connectivity index (χ4n) is 5.08. The van der Waals surface area contributed by atoms with Gasteiger partial charge in [0, 0.05) is 17.5 Å². The van der Waals surface area contributed by atoms with Crippen LogP contribution in [0.2, 0.25) is 0 Å². The monoisotopic (exact) mass is 462 g/mol. The third kappa shape index (κ3) is 4.22. The molecular weight excluding hydrogens is 432 g/mol. The van der Waals surface area contributed by atoms with Gasteiger partial charge in [0.15, 0.2) is 5.69 Å². The normalized spacial score (nSPS) is 18.2. The summed E-state index contributed by atoms with van der Waals surface area (Å²) in [6, 6.07) is 3.07. The first kappa shape index (κ1) is 22.3. The predicted molar refractivity (Wildman–Crippen MR) is 126 cm³/mol. The van der Waals surface area contributed by atoms with Gasteiger partial charge in [0.05, 0.1) is 17.6 Å². The molecule has 2 fully saturated rings. The van der Waals surface area contributed by atoms with Crippen molar-refractivity contribution in [1.82, 2.24) is 25.6 Å². The summed E-state index contributed by atoms with van der Waals surface area (Å²) in [6.45, 7) is 7.91. The molecule has 0 spiro atoms. The minimum Gasteiger partial charge on any atom is -0.364 e. The summed E-state index contributed by atoms with van der Waals surface area (Å²) in [4.78, 5) is 34.3. The van der Waals surface area contributed by atoms with Crippen molar-refractivity contribution in [3.8, 4) is 11.3 Å². The smallest absolute Gasteiger partial charge is 0.276 e. The number of amides is 2. The van der Waals surface area contributed by atoms with Crippen molar-refractivity contribution in [3.05, 3.63) is 47.2 Å². The van der Waals surface area contributed by atoms with Gasteiger partial charge in [0.1, 0.15) is 11.7 Å². The van der Waals surface area contributed by atoms with Crippen LogP contribution in [-0.4, -0.2) is 38.1 Å². The lowest BCUT2D eigenvalue weighted by Gasteiger charge is -2.32. The molecule has 0 aromatic carbocycles. The Morgan fingerprint density at radius 2 is 1.94 bits per heavy atom. The van der Waals surface area contributed by atoms with Crippen LogP contribution in [0.5, 0.6) is 0 Å². The van der Waals surface area contributed by atoms with Gasteiger partial charge in [-0.15, -0.1) is 0 Å². The maximum Gasteiger partial charge on any atom is 0.276 e. The second kappa shape index (κ2) is 8.38. The third-order valence-corrected chi connectivity index (χ3v) is 7.33. The second-order valence-corrected chi connectivity index (χ2v) is 10.1. The van der Waals surface area contributed by atoms with Crippen molar-refractivity contribution in [3.63, 3.8) is 0 Å². The summed E-state index contributed by atoms with van der Waals surface area (Å²) in [5.41, 5.74) is 5.22. The van der Waals surface area contributed by atoms with Crippen LogP contribution < -0.4 is 10.6 Å². The standard InChI is InChI=1S/C25H30N6O3/c1-13-11-26-14(2)19(13)18-8-7-17(12-27-18)28-24(33)22(20(16-5-6-16)25(4)9-10-25)29-23(32)21-15(3)30-34-31-21/h7-8,11-12,16,20,22,26H,5-6,9-10H2,1-4H3,(H,28,33)(H,29,32)/t20?,22-/m0/s1. The van der Waals surface area contributed by atoms with Crippen molar-refractivity contribution in [1.29, 1.82) is 0 Å². The number of anilines is 1. The van der Waals surface area contributed by atoms with Gasteiger partial charge >= 0.3 is 0 Å². The summed E-state index contributed by atoms with van der Waals surface area (Å²) in [6.07, 6.45) is 7.90. The lowest BCUT2D eigenvalue weighted by molar-refractivity contribution is -0.120. The molecule has 0 bridgehead atoms. The quantitative estimate of drug-likeness (QED) is 0.465. The SMILES string of the molecule is Cc1c[nH]c(C)c1-c1ccc(NC(=O)[C@@H](NC(=O)c2nonc2C)C(C2CC2)C2(C)CC2)cn1. The Hall–Kier alpha value is -3.49. The molecule has 3 N–H and O–H groups in total. The van der Waals surface area contributed by atoms with E-state index in [9.17, 15) is 9.59 Å². The molecule has 2 aliphatic rings. The number of aryl methyl sites for hydroxylation is 3. The van der Waals surface area contributed by atoms with Gasteiger partial charge in [0.2, 0.25) is 5.91 Å². The molecule has 2 amide bonds. The van der Waals surface area contributed by atoms with Crippen LogP contribution >= 0.6 is 0 Å². The van der Waals surface area contributed by atoms with E-state index in [0.717, 1.165) is 48.2 Å². The molecule has 5 rings (SSSR count). The number of H-pyrrole nitrogens is 1. The Morgan fingerprint density at radius 1 is 1.18 bits per heavy atom. The number of pyridine rings is 1. The molecule has 3 aromatic rings. The first-order valence-corrected chi connectivity index (χ1v) is 11.8. The highest BCUT2D eigenvalue weighted by atomic mass is 16.6. The first-order chi connectivity index (χ1) is 16.3. The molecule has 1 unspecified atom stereocenters. The lowest BCUT2D eigenvalue weighted by atomic mass is 9.80. The van der Waals surface area contributed by atoms with Crippen LogP contribution in [0.1, 0.15) is 60.0 Å². The van der Waals surface area contributed by atoms with Crippen LogP contribution in [0.25, 0.3) is 11.3 Å². The molecular formula is C25H30N6O3. The zero-order chi connectivity index (χ0) is 24.0. The van der Waals surface area contributed by atoms with Crippen LogP contribution in [0.3, 0.4) is 0 Å². The van der Waals surface area contributed by atoms with E-state index < -0.39 is 11.9 Å². The van der Waals surface area contributed by atoms with E-state index >= 15 is 0 Å². The van der Waals surface area contributed by atoms with E-state index in [1.54, 1.807) is 13.1 Å². The van der Waals surface area contributed by atoms with Gasteiger partial charge in [-0.1, -0.05) is 12.1 Å². The number of carbonyl (C=O) groups excluding carboxylic acids is 2. The molecule has 178 valence electrons. The average Bonchev–Trinajstić information content (AvgIpc) is 3.71. The van der Waals surface area contributed by atoms with Crippen molar-refractivity contribution in [2.24, 2.45) is 17.3 Å². The number of aromatic amines is 1. The van der Waals surface area contributed by atoms with Crippen molar-refractivity contribution < 1.29 is 14.2 Å². The zero-order valence-electron chi connectivity index (χ0n) is 19.9. The third-order valence-electron chi connectivity index (χ3n) is 7.33. The Bertz CT molecular complexity index is 1200. The number of nitrogens with one attached hydrogen (secondary N) is 3. The Morgan fingerprint density at radius 3 is 2.47 bits per heavy atom. The highest BCUT2D eigenvalue weighted by molar-refractivity contribution is 6.01. The number of rotatable bonds is 8. The van der Waals surface area contributed by atoms with Crippen LogP contribution in [0, 0.1) is 38.0 Å². The Labute approximate surface area is 198 Å². The molecule has 0 radical (unpaired) electrons. The topological polar surface area (TPSA) is 126 Å². The summed E-state index contributed by atoms with van der Waals surface area (Å²) >= 11 is 0. The van der Waals surface area contributed by atoms with E-state index in [1.165, 1.54) is 0 Å². The number of hydrogen-bond donors (Lipinski definition) is 3.